The van der Waals surface area contributed by atoms with E-state index in [1.54, 1.807) is 34.9 Å². The lowest BCUT2D eigenvalue weighted by Crippen LogP contribution is -2.24. The van der Waals surface area contributed by atoms with E-state index < -0.39 is 0 Å². The zero-order valence-corrected chi connectivity index (χ0v) is 16.9. The molecule has 0 atom stereocenters. The molecule has 140 valence electrons. The third kappa shape index (κ3) is 4.46. The highest BCUT2D eigenvalue weighted by molar-refractivity contribution is 7.99. The maximum absolute atomic E-state index is 12.7. The largest absolute Gasteiger partial charge is 0.324 e. The summed E-state index contributed by atoms with van der Waals surface area (Å²) in [6, 6.07) is 12.2. The molecule has 2 aromatic carbocycles. The van der Waals surface area contributed by atoms with Gasteiger partial charge in [0.15, 0.2) is 5.16 Å². The summed E-state index contributed by atoms with van der Waals surface area (Å²) in [5.41, 5.74) is 0.978. The van der Waals surface area contributed by atoms with E-state index in [-0.39, 0.29) is 17.2 Å². The SMILES string of the molecule is CCCn1c(SCC(=O)Nc2cccc(Cl)c2Cl)nc2ccccc2c1=O. The van der Waals surface area contributed by atoms with Gasteiger partial charge in [-0.25, -0.2) is 4.98 Å². The second kappa shape index (κ2) is 8.78. The second-order valence-electron chi connectivity index (χ2n) is 5.81. The fourth-order valence-electron chi connectivity index (χ4n) is 2.60. The van der Waals surface area contributed by atoms with Gasteiger partial charge in [-0.15, -0.1) is 0 Å². The van der Waals surface area contributed by atoms with E-state index >= 15 is 0 Å². The van der Waals surface area contributed by atoms with E-state index in [9.17, 15) is 9.59 Å². The van der Waals surface area contributed by atoms with E-state index in [1.165, 1.54) is 11.8 Å². The lowest BCUT2D eigenvalue weighted by Gasteiger charge is -2.12. The summed E-state index contributed by atoms with van der Waals surface area (Å²) in [7, 11) is 0. The van der Waals surface area contributed by atoms with Gasteiger partial charge in [0.05, 0.1) is 32.4 Å². The van der Waals surface area contributed by atoms with Crippen molar-refractivity contribution in [2.24, 2.45) is 0 Å². The molecule has 0 saturated heterocycles. The molecule has 0 bridgehead atoms. The molecule has 1 aromatic heterocycles. The Kier molecular flexibility index (Phi) is 6.42. The number of aromatic nitrogens is 2. The number of carbonyl (C=O) groups is 1. The Bertz CT molecular complexity index is 1050. The third-order valence-electron chi connectivity index (χ3n) is 3.83. The summed E-state index contributed by atoms with van der Waals surface area (Å²) in [4.78, 5) is 29.6. The number of anilines is 1. The van der Waals surface area contributed by atoms with Gasteiger partial charge in [0.25, 0.3) is 5.56 Å². The lowest BCUT2D eigenvalue weighted by atomic mass is 10.2. The normalized spacial score (nSPS) is 10.9. The van der Waals surface area contributed by atoms with Crippen LogP contribution in [0.25, 0.3) is 10.9 Å². The molecule has 8 heteroatoms. The van der Waals surface area contributed by atoms with Crippen molar-refractivity contribution in [3.8, 4) is 0 Å². The van der Waals surface area contributed by atoms with Crippen molar-refractivity contribution >= 4 is 57.5 Å². The molecule has 5 nitrogen and oxygen atoms in total. The first kappa shape index (κ1) is 19.7. The molecule has 0 fully saturated rings. The van der Waals surface area contributed by atoms with Crippen LogP contribution in [0.3, 0.4) is 0 Å². The van der Waals surface area contributed by atoms with Crippen LogP contribution in [0.15, 0.2) is 52.4 Å². The molecule has 0 unspecified atom stereocenters. The summed E-state index contributed by atoms with van der Waals surface area (Å²) in [6.07, 6.45) is 0.789. The van der Waals surface area contributed by atoms with Crippen molar-refractivity contribution in [3.63, 3.8) is 0 Å². The van der Waals surface area contributed by atoms with Crippen LogP contribution in [0.4, 0.5) is 5.69 Å². The minimum Gasteiger partial charge on any atom is -0.324 e. The van der Waals surface area contributed by atoms with Crippen LogP contribution in [0.2, 0.25) is 10.0 Å². The maximum atomic E-state index is 12.7. The van der Waals surface area contributed by atoms with Crippen LogP contribution < -0.4 is 10.9 Å². The Hall–Kier alpha value is -2.02. The molecular formula is C19H17Cl2N3O2S. The average molecular weight is 422 g/mol. The summed E-state index contributed by atoms with van der Waals surface area (Å²) in [6.45, 7) is 2.53. The molecule has 0 aliphatic rings. The zero-order chi connectivity index (χ0) is 19.4. The number of rotatable bonds is 6. The third-order valence-corrected chi connectivity index (χ3v) is 5.63. The Balaban J connectivity index is 1.81. The van der Waals surface area contributed by atoms with Crippen LogP contribution in [-0.4, -0.2) is 21.2 Å². The fourth-order valence-corrected chi connectivity index (χ4v) is 3.77. The number of hydrogen-bond acceptors (Lipinski definition) is 4. The number of benzene rings is 2. The fraction of sp³-hybridized carbons (Fsp3) is 0.211. The van der Waals surface area contributed by atoms with Gasteiger partial charge in [-0.2, -0.15) is 0 Å². The highest BCUT2D eigenvalue weighted by Crippen LogP contribution is 2.29. The number of nitrogens with zero attached hydrogens (tertiary/aromatic N) is 2. The highest BCUT2D eigenvalue weighted by Gasteiger charge is 2.14. The van der Waals surface area contributed by atoms with Gasteiger partial charge in [0, 0.05) is 6.54 Å². The molecule has 0 aliphatic heterocycles. The van der Waals surface area contributed by atoms with E-state index in [1.807, 2.05) is 19.1 Å². The zero-order valence-electron chi connectivity index (χ0n) is 14.5. The molecule has 3 aromatic rings. The van der Waals surface area contributed by atoms with Gasteiger partial charge in [0.2, 0.25) is 5.91 Å². The van der Waals surface area contributed by atoms with Gasteiger partial charge in [-0.3, -0.25) is 14.2 Å². The standard InChI is InChI=1S/C19H17Cl2N3O2S/c1-2-10-24-18(26)12-6-3-4-8-14(12)23-19(24)27-11-16(25)22-15-9-5-7-13(20)17(15)21/h3-9H,2,10-11H2,1H3,(H,22,25). The Morgan fingerprint density at radius 2 is 1.96 bits per heavy atom. The number of hydrogen-bond donors (Lipinski definition) is 1. The van der Waals surface area contributed by atoms with Crippen molar-refractivity contribution in [2.75, 3.05) is 11.1 Å². The number of carbonyl (C=O) groups excluding carboxylic acids is 1. The van der Waals surface area contributed by atoms with Crippen LogP contribution in [-0.2, 0) is 11.3 Å². The molecule has 1 heterocycles. The van der Waals surface area contributed by atoms with Crippen LogP contribution >= 0.6 is 35.0 Å². The van der Waals surface area contributed by atoms with E-state index in [0.29, 0.717) is 38.3 Å². The van der Waals surface area contributed by atoms with Gasteiger partial charge < -0.3 is 5.32 Å². The first-order chi connectivity index (χ1) is 13.0. The Morgan fingerprint density at radius 1 is 1.19 bits per heavy atom. The number of halogens is 2. The summed E-state index contributed by atoms with van der Waals surface area (Å²) >= 11 is 13.3. The number of thioether (sulfide) groups is 1. The Labute approximate surface area is 170 Å². The molecular weight excluding hydrogens is 405 g/mol. The quantitative estimate of drug-likeness (QED) is 0.456. The van der Waals surface area contributed by atoms with Crippen molar-refractivity contribution in [3.05, 3.63) is 62.9 Å². The van der Waals surface area contributed by atoms with Gasteiger partial charge >= 0.3 is 0 Å². The van der Waals surface area contributed by atoms with Crippen LogP contribution in [0.5, 0.6) is 0 Å². The molecule has 0 spiro atoms. The van der Waals surface area contributed by atoms with Crippen LogP contribution in [0.1, 0.15) is 13.3 Å². The Morgan fingerprint density at radius 3 is 2.74 bits per heavy atom. The molecule has 27 heavy (non-hydrogen) atoms. The highest BCUT2D eigenvalue weighted by atomic mass is 35.5. The van der Waals surface area contributed by atoms with E-state index in [2.05, 4.69) is 10.3 Å². The van der Waals surface area contributed by atoms with Crippen molar-refractivity contribution in [2.45, 2.75) is 25.0 Å². The molecule has 1 N–H and O–H groups in total. The molecule has 1 amide bonds. The van der Waals surface area contributed by atoms with Crippen molar-refractivity contribution in [1.82, 2.24) is 9.55 Å². The van der Waals surface area contributed by atoms with Gasteiger partial charge in [0.1, 0.15) is 0 Å². The summed E-state index contributed by atoms with van der Waals surface area (Å²) in [5.74, 6) is -0.160. The minimum atomic E-state index is -0.255. The molecule has 0 radical (unpaired) electrons. The average Bonchev–Trinajstić information content (AvgIpc) is 2.66. The predicted octanol–water partition coefficient (Wildman–Crippen LogP) is 4.84. The monoisotopic (exact) mass is 421 g/mol. The number of nitrogens with one attached hydrogen (secondary N) is 1. The molecule has 0 saturated carbocycles. The van der Waals surface area contributed by atoms with Gasteiger partial charge in [-0.1, -0.05) is 60.1 Å². The van der Waals surface area contributed by atoms with E-state index in [4.69, 9.17) is 23.2 Å². The lowest BCUT2D eigenvalue weighted by molar-refractivity contribution is -0.113. The molecule has 3 rings (SSSR count). The minimum absolute atomic E-state index is 0.0942. The smallest absolute Gasteiger partial charge is 0.262 e. The summed E-state index contributed by atoms with van der Waals surface area (Å²) < 4.78 is 1.62. The number of amides is 1. The second-order valence-corrected chi connectivity index (χ2v) is 7.53. The number of para-hydroxylation sites is 1. The topological polar surface area (TPSA) is 64.0 Å². The van der Waals surface area contributed by atoms with Crippen molar-refractivity contribution < 1.29 is 4.79 Å². The van der Waals surface area contributed by atoms with Crippen molar-refractivity contribution in [1.29, 1.82) is 0 Å². The maximum Gasteiger partial charge on any atom is 0.262 e. The predicted molar refractivity (Wildman–Crippen MR) is 112 cm³/mol. The summed E-state index contributed by atoms with van der Waals surface area (Å²) in [5, 5.41) is 4.49. The van der Waals surface area contributed by atoms with Crippen LogP contribution in [0, 0.1) is 0 Å². The van der Waals surface area contributed by atoms with Gasteiger partial charge in [-0.05, 0) is 30.7 Å². The number of fused-ring (bicyclic) bond motifs is 1. The first-order valence-corrected chi connectivity index (χ1v) is 10.1. The van der Waals surface area contributed by atoms with E-state index in [0.717, 1.165) is 6.42 Å². The molecule has 0 aliphatic carbocycles. The first-order valence-electron chi connectivity index (χ1n) is 8.37.